The molecule has 1 aromatic heterocycles. The number of anilines is 1. The van der Waals surface area contributed by atoms with E-state index in [4.69, 9.17) is 23.2 Å². The fraction of sp³-hybridized carbons (Fsp3) is 0.429. The summed E-state index contributed by atoms with van der Waals surface area (Å²) in [6.07, 6.45) is 8.33. The van der Waals surface area contributed by atoms with E-state index in [0.717, 1.165) is 62.0 Å². The summed E-state index contributed by atoms with van der Waals surface area (Å²) in [5.41, 5.74) is 2.91. The number of piperidine rings is 1. The molecule has 3 aromatic rings. The molecule has 36 heavy (non-hydrogen) atoms. The Balaban J connectivity index is 1.27. The molecule has 0 atom stereocenters. The van der Waals surface area contributed by atoms with Crippen LogP contribution in [0.5, 0.6) is 0 Å². The largest absolute Gasteiger partial charge is 0.329 e. The van der Waals surface area contributed by atoms with E-state index in [1.54, 1.807) is 12.1 Å². The molecule has 1 aliphatic carbocycles. The van der Waals surface area contributed by atoms with E-state index in [9.17, 15) is 9.59 Å². The second kappa shape index (κ2) is 10.8. The molecule has 2 aromatic carbocycles. The van der Waals surface area contributed by atoms with Crippen LogP contribution in [0.25, 0.3) is 11.0 Å². The first-order chi connectivity index (χ1) is 17.5. The van der Waals surface area contributed by atoms with Gasteiger partial charge in [-0.05, 0) is 56.0 Å². The van der Waals surface area contributed by atoms with Gasteiger partial charge in [0.15, 0.2) is 0 Å². The van der Waals surface area contributed by atoms with E-state index in [0.29, 0.717) is 23.0 Å². The summed E-state index contributed by atoms with van der Waals surface area (Å²) in [7, 11) is 0. The summed E-state index contributed by atoms with van der Waals surface area (Å²) in [6, 6.07) is 13.8. The van der Waals surface area contributed by atoms with Crippen molar-refractivity contribution in [2.24, 2.45) is 0 Å². The fourth-order valence-corrected chi connectivity index (χ4v) is 5.91. The number of likely N-dealkylation sites (tertiary alicyclic amines) is 1. The van der Waals surface area contributed by atoms with Gasteiger partial charge < -0.3 is 9.80 Å². The molecule has 190 valence electrons. The van der Waals surface area contributed by atoms with Crippen molar-refractivity contribution in [1.29, 1.82) is 0 Å². The van der Waals surface area contributed by atoms with Crippen LogP contribution in [0.4, 0.5) is 5.69 Å². The zero-order valence-electron chi connectivity index (χ0n) is 20.6. The second-order valence-corrected chi connectivity index (χ2v) is 10.5. The van der Waals surface area contributed by atoms with Gasteiger partial charge in [0.1, 0.15) is 0 Å². The van der Waals surface area contributed by atoms with Crippen molar-refractivity contribution < 1.29 is 4.79 Å². The third kappa shape index (κ3) is 4.86. The maximum absolute atomic E-state index is 13.4. The van der Waals surface area contributed by atoms with E-state index >= 15 is 0 Å². The quantitative estimate of drug-likeness (QED) is 0.359. The Morgan fingerprint density at radius 1 is 0.972 bits per heavy atom. The van der Waals surface area contributed by atoms with E-state index in [-0.39, 0.29) is 23.7 Å². The molecule has 1 amide bonds. The maximum Gasteiger partial charge on any atom is 0.329 e. The normalized spacial score (nSPS) is 17.3. The monoisotopic (exact) mass is 526 g/mol. The van der Waals surface area contributed by atoms with Crippen LogP contribution < -0.4 is 10.6 Å². The second-order valence-electron chi connectivity index (χ2n) is 9.68. The van der Waals surface area contributed by atoms with Gasteiger partial charge in [0.05, 0.1) is 21.1 Å². The molecule has 0 N–H and O–H groups in total. The molecule has 2 heterocycles. The molecular weight excluding hydrogens is 495 g/mol. The highest BCUT2D eigenvalue weighted by Gasteiger charge is 2.29. The number of hydrogen-bond acceptors (Lipinski definition) is 3. The molecule has 1 saturated heterocycles. The van der Waals surface area contributed by atoms with Gasteiger partial charge in [0.25, 0.3) is 0 Å². The lowest BCUT2D eigenvalue weighted by Gasteiger charge is -2.38. The van der Waals surface area contributed by atoms with Crippen LogP contribution in [0, 0.1) is 0 Å². The summed E-state index contributed by atoms with van der Waals surface area (Å²) in [6.45, 7) is 5.09. The fourth-order valence-electron chi connectivity index (χ4n) is 5.62. The van der Waals surface area contributed by atoms with Crippen LogP contribution in [-0.4, -0.2) is 45.6 Å². The lowest BCUT2D eigenvalue weighted by atomic mass is 10.0. The number of fused-ring (bicyclic) bond motifs is 1. The maximum atomic E-state index is 13.4. The summed E-state index contributed by atoms with van der Waals surface area (Å²) in [5.74, 6) is 0.0904. The highest BCUT2D eigenvalue weighted by molar-refractivity contribution is 6.42. The standard InChI is InChI=1S/C28H32Cl2N4O2/c1-2-27(35)33(22-11-12-23(29)24(30)19-22)21-13-15-31(16-14-21)17-18-32-25-9-5-6-10-26(25)34(28(32)36)20-7-3-4-8-20/h3-6,9-12,19-21H,2,7-8,13-18H2,1H3. The summed E-state index contributed by atoms with van der Waals surface area (Å²) in [4.78, 5) is 30.6. The lowest BCUT2D eigenvalue weighted by Crippen LogP contribution is -2.48. The number of rotatable bonds is 7. The van der Waals surface area contributed by atoms with Crippen molar-refractivity contribution in [3.63, 3.8) is 0 Å². The van der Waals surface area contributed by atoms with Crippen LogP contribution in [0.3, 0.4) is 0 Å². The first-order valence-electron chi connectivity index (χ1n) is 12.8. The van der Waals surface area contributed by atoms with Crippen molar-refractivity contribution in [3.05, 3.63) is 75.1 Å². The number of nitrogens with zero attached hydrogens (tertiary/aromatic N) is 4. The smallest absolute Gasteiger partial charge is 0.309 e. The first-order valence-corrected chi connectivity index (χ1v) is 13.6. The minimum Gasteiger partial charge on any atom is -0.309 e. The third-order valence-corrected chi connectivity index (χ3v) is 8.27. The average Bonchev–Trinajstić information content (AvgIpc) is 3.51. The highest BCUT2D eigenvalue weighted by atomic mass is 35.5. The Bertz CT molecular complexity index is 1330. The van der Waals surface area contributed by atoms with Gasteiger partial charge in [0, 0.05) is 50.4 Å². The Kier molecular flexibility index (Phi) is 7.56. The average molecular weight is 527 g/mol. The van der Waals surface area contributed by atoms with E-state index in [1.165, 1.54) is 0 Å². The molecule has 1 fully saturated rings. The topological polar surface area (TPSA) is 50.5 Å². The van der Waals surface area contributed by atoms with Crippen molar-refractivity contribution in [2.75, 3.05) is 24.5 Å². The molecule has 0 saturated carbocycles. The van der Waals surface area contributed by atoms with E-state index in [1.807, 2.05) is 45.2 Å². The predicted octanol–water partition coefficient (Wildman–Crippen LogP) is 5.91. The summed E-state index contributed by atoms with van der Waals surface area (Å²) >= 11 is 12.4. The molecule has 0 spiro atoms. The third-order valence-electron chi connectivity index (χ3n) is 7.53. The molecule has 1 aliphatic heterocycles. The van der Waals surface area contributed by atoms with Gasteiger partial charge in [0.2, 0.25) is 5.91 Å². The van der Waals surface area contributed by atoms with Crippen LogP contribution in [0.1, 0.15) is 45.1 Å². The number of carbonyl (C=O) groups is 1. The molecule has 2 aliphatic rings. The Hall–Kier alpha value is -2.54. The van der Waals surface area contributed by atoms with Gasteiger partial charge in [-0.25, -0.2) is 4.79 Å². The van der Waals surface area contributed by atoms with Crippen LogP contribution in [0.15, 0.2) is 59.4 Å². The predicted molar refractivity (Wildman–Crippen MR) is 147 cm³/mol. The molecule has 0 radical (unpaired) electrons. The van der Waals surface area contributed by atoms with Gasteiger partial charge >= 0.3 is 5.69 Å². The van der Waals surface area contributed by atoms with Crippen LogP contribution in [-0.2, 0) is 11.3 Å². The SMILES string of the molecule is CCC(=O)N(c1ccc(Cl)c(Cl)c1)C1CCN(CCn2c(=O)n(C3CC=CC3)c3ccccc32)CC1. The molecule has 0 bridgehead atoms. The zero-order chi connectivity index (χ0) is 25.2. The lowest BCUT2D eigenvalue weighted by molar-refractivity contribution is -0.119. The first kappa shape index (κ1) is 25.1. The number of imidazole rings is 1. The van der Waals surface area contributed by atoms with Crippen molar-refractivity contribution in [3.8, 4) is 0 Å². The number of benzene rings is 2. The number of allylic oxidation sites excluding steroid dienone is 2. The van der Waals surface area contributed by atoms with Crippen LogP contribution in [0.2, 0.25) is 10.0 Å². The highest BCUT2D eigenvalue weighted by Crippen LogP contribution is 2.31. The Morgan fingerprint density at radius 2 is 1.67 bits per heavy atom. The Morgan fingerprint density at radius 3 is 2.33 bits per heavy atom. The number of carbonyl (C=O) groups excluding carboxylic acids is 1. The van der Waals surface area contributed by atoms with Gasteiger partial charge in [-0.1, -0.05) is 54.4 Å². The van der Waals surface area contributed by atoms with Gasteiger partial charge in [-0.2, -0.15) is 0 Å². The minimum absolute atomic E-state index is 0.0825. The van der Waals surface area contributed by atoms with Gasteiger partial charge in [-0.3, -0.25) is 13.9 Å². The van der Waals surface area contributed by atoms with Crippen LogP contribution >= 0.6 is 23.2 Å². The molecule has 0 unspecified atom stereocenters. The van der Waals surface area contributed by atoms with E-state index < -0.39 is 0 Å². The van der Waals surface area contributed by atoms with E-state index in [2.05, 4.69) is 23.1 Å². The van der Waals surface area contributed by atoms with Crippen molar-refractivity contribution in [2.45, 2.75) is 57.7 Å². The number of halogens is 2. The molecule has 8 heteroatoms. The zero-order valence-corrected chi connectivity index (χ0v) is 22.1. The molecule has 6 nitrogen and oxygen atoms in total. The number of amides is 1. The van der Waals surface area contributed by atoms with Crippen molar-refractivity contribution >= 4 is 45.8 Å². The minimum atomic E-state index is 0.0825. The Labute approximate surface area is 221 Å². The van der Waals surface area contributed by atoms with Gasteiger partial charge in [-0.15, -0.1) is 0 Å². The molecular formula is C28H32Cl2N4O2. The number of para-hydroxylation sites is 2. The summed E-state index contributed by atoms with van der Waals surface area (Å²) in [5, 5.41) is 0.943. The van der Waals surface area contributed by atoms with Crippen molar-refractivity contribution in [1.82, 2.24) is 14.0 Å². The summed E-state index contributed by atoms with van der Waals surface area (Å²) < 4.78 is 3.91. The molecule has 5 rings (SSSR count). The number of hydrogen-bond donors (Lipinski definition) is 0. The number of aromatic nitrogens is 2.